The topological polar surface area (TPSA) is 75.4 Å². The molecule has 7 nitrogen and oxygen atoms in total. The molecule has 140 valence electrons. The van der Waals surface area contributed by atoms with Crippen LogP contribution in [0.15, 0.2) is 42.7 Å². The lowest BCUT2D eigenvalue weighted by molar-refractivity contribution is -0.130. The lowest BCUT2D eigenvalue weighted by atomic mass is 10.1. The normalized spacial score (nSPS) is 15.1. The molecule has 7 heteroatoms. The second kappa shape index (κ2) is 8.16. The third-order valence-electron chi connectivity index (χ3n) is 4.90. The van der Waals surface area contributed by atoms with Gasteiger partial charge >= 0.3 is 0 Å². The number of carbonyl (C=O) groups is 1. The molecule has 1 fully saturated rings. The Morgan fingerprint density at radius 1 is 1.11 bits per heavy atom. The van der Waals surface area contributed by atoms with Crippen molar-refractivity contribution in [2.45, 2.75) is 32.1 Å². The Labute approximate surface area is 158 Å². The highest BCUT2D eigenvalue weighted by Crippen LogP contribution is 2.21. The van der Waals surface area contributed by atoms with Crippen LogP contribution in [-0.2, 0) is 4.79 Å². The Morgan fingerprint density at radius 3 is 2.89 bits per heavy atom. The van der Waals surface area contributed by atoms with Gasteiger partial charge in [0, 0.05) is 37.7 Å². The molecule has 0 unspecified atom stereocenters. The molecule has 0 aliphatic carbocycles. The molecule has 0 saturated carbocycles. The van der Waals surface area contributed by atoms with Crippen molar-refractivity contribution < 1.29 is 4.79 Å². The van der Waals surface area contributed by atoms with E-state index < -0.39 is 0 Å². The molecule has 1 amide bonds. The van der Waals surface area contributed by atoms with Crippen LogP contribution in [-0.4, -0.2) is 50.0 Å². The summed E-state index contributed by atoms with van der Waals surface area (Å²) in [6, 6.07) is 12.0. The fraction of sp³-hybridized carbons (Fsp3) is 0.400. The molecule has 0 bridgehead atoms. The minimum absolute atomic E-state index is 0.293. The van der Waals surface area contributed by atoms with E-state index in [0.29, 0.717) is 18.1 Å². The number of nitrogens with zero attached hydrogens (tertiary/aromatic N) is 5. The quantitative estimate of drug-likeness (QED) is 0.681. The number of aromatic nitrogens is 4. The maximum absolute atomic E-state index is 12.1. The Kier molecular flexibility index (Phi) is 5.27. The minimum atomic E-state index is 0.293. The number of carbonyl (C=O) groups excluding carboxylic acids is 1. The summed E-state index contributed by atoms with van der Waals surface area (Å²) in [6.07, 6.45) is 6.39. The Balaban J connectivity index is 1.44. The molecule has 0 radical (unpaired) electrons. The highest BCUT2D eigenvalue weighted by molar-refractivity contribution is 5.76. The van der Waals surface area contributed by atoms with E-state index in [0.717, 1.165) is 62.4 Å². The van der Waals surface area contributed by atoms with Crippen LogP contribution in [0.2, 0.25) is 0 Å². The van der Waals surface area contributed by atoms with E-state index in [9.17, 15) is 4.79 Å². The molecule has 1 aliphatic heterocycles. The Bertz CT molecular complexity index is 907. The summed E-state index contributed by atoms with van der Waals surface area (Å²) in [5, 5.41) is 7.70. The lowest BCUT2D eigenvalue weighted by Gasteiger charge is -2.20. The number of fused-ring (bicyclic) bond motifs is 1. The van der Waals surface area contributed by atoms with Gasteiger partial charge in [-0.15, -0.1) is 0 Å². The van der Waals surface area contributed by atoms with Crippen molar-refractivity contribution in [3.63, 3.8) is 0 Å². The van der Waals surface area contributed by atoms with Crippen molar-refractivity contribution in [3.05, 3.63) is 42.7 Å². The average molecular weight is 364 g/mol. The molecule has 0 spiro atoms. The number of rotatable bonds is 6. The SMILES string of the molecule is O=C1CCCCCN1CCCNc1cc(-c2ccccc2)nc2ncnn12. The predicted molar refractivity (Wildman–Crippen MR) is 104 cm³/mol. The lowest BCUT2D eigenvalue weighted by Crippen LogP contribution is -2.32. The number of hydrogen-bond acceptors (Lipinski definition) is 5. The first-order valence-corrected chi connectivity index (χ1v) is 9.59. The van der Waals surface area contributed by atoms with Crippen molar-refractivity contribution in [3.8, 4) is 11.3 Å². The van der Waals surface area contributed by atoms with Crippen LogP contribution in [0.3, 0.4) is 0 Å². The highest BCUT2D eigenvalue weighted by atomic mass is 16.2. The van der Waals surface area contributed by atoms with Crippen LogP contribution < -0.4 is 5.32 Å². The fourth-order valence-corrected chi connectivity index (χ4v) is 3.46. The number of anilines is 1. The molecule has 1 aliphatic rings. The summed E-state index contributed by atoms with van der Waals surface area (Å²) < 4.78 is 1.71. The van der Waals surface area contributed by atoms with Gasteiger partial charge in [-0.05, 0) is 19.3 Å². The molecule has 27 heavy (non-hydrogen) atoms. The number of likely N-dealkylation sites (tertiary alicyclic amines) is 1. The third kappa shape index (κ3) is 4.07. The van der Waals surface area contributed by atoms with Crippen molar-refractivity contribution in [1.29, 1.82) is 0 Å². The molecule has 1 aromatic carbocycles. The van der Waals surface area contributed by atoms with E-state index in [1.54, 1.807) is 4.52 Å². The maximum Gasteiger partial charge on any atom is 0.254 e. The van der Waals surface area contributed by atoms with E-state index in [1.165, 1.54) is 6.33 Å². The van der Waals surface area contributed by atoms with Crippen molar-refractivity contribution in [1.82, 2.24) is 24.5 Å². The van der Waals surface area contributed by atoms with E-state index in [2.05, 4.69) is 20.4 Å². The van der Waals surface area contributed by atoms with Gasteiger partial charge in [0.1, 0.15) is 12.1 Å². The number of amides is 1. The summed E-state index contributed by atoms with van der Waals surface area (Å²) in [5.74, 6) is 1.72. The molecular formula is C20H24N6O. The Morgan fingerprint density at radius 2 is 2.00 bits per heavy atom. The molecule has 0 atom stereocenters. The largest absolute Gasteiger partial charge is 0.370 e. The van der Waals surface area contributed by atoms with Crippen LogP contribution in [0, 0.1) is 0 Å². The summed E-state index contributed by atoms with van der Waals surface area (Å²) >= 11 is 0. The van der Waals surface area contributed by atoms with Gasteiger partial charge in [0.05, 0.1) is 5.69 Å². The summed E-state index contributed by atoms with van der Waals surface area (Å²) in [7, 11) is 0. The molecular weight excluding hydrogens is 340 g/mol. The first-order chi connectivity index (χ1) is 13.3. The van der Waals surface area contributed by atoms with Gasteiger partial charge < -0.3 is 10.2 Å². The van der Waals surface area contributed by atoms with Crippen LogP contribution >= 0.6 is 0 Å². The molecule has 3 heterocycles. The van der Waals surface area contributed by atoms with Crippen LogP contribution in [0.1, 0.15) is 32.1 Å². The number of hydrogen-bond donors (Lipinski definition) is 1. The maximum atomic E-state index is 12.1. The van der Waals surface area contributed by atoms with Gasteiger partial charge in [0.15, 0.2) is 0 Å². The zero-order chi connectivity index (χ0) is 18.5. The first-order valence-electron chi connectivity index (χ1n) is 9.59. The Hall–Kier alpha value is -2.96. The van der Waals surface area contributed by atoms with Gasteiger partial charge in [0.25, 0.3) is 5.78 Å². The summed E-state index contributed by atoms with van der Waals surface area (Å²) in [4.78, 5) is 22.9. The summed E-state index contributed by atoms with van der Waals surface area (Å²) in [5.41, 5.74) is 1.91. The molecule has 4 rings (SSSR count). The monoisotopic (exact) mass is 364 g/mol. The number of benzene rings is 1. The van der Waals surface area contributed by atoms with Gasteiger partial charge in [-0.3, -0.25) is 4.79 Å². The predicted octanol–water partition coefficient (Wildman–Crippen LogP) is 3.00. The second-order valence-corrected chi connectivity index (χ2v) is 6.84. The average Bonchev–Trinajstić information content (AvgIpc) is 3.09. The zero-order valence-electron chi connectivity index (χ0n) is 15.3. The summed E-state index contributed by atoms with van der Waals surface area (Å²) in [6.45, 7) is 2.44. The van der Waals surface area contributed by atoms with Gasteiger partial charge in [-0.1, -0.05) is 36.8 Å². The van der Waals surface area contributed by atoms with E-state index in [4.69, 9.17) is 0 Å². The first kappa shape index (κ1) is 17.5. The van der Waals surface area contributed by atoms with Gasteiger partial charge in [0.2, 0.25) is 5.91 Å². The van der Waals surface area contributed by atoms with E-state index in [1.807, 2.05) is 41.3 Å². The van der Waals surface area contributed by atoms with Gasteiger partial charge in [-0.25, -0.2) is 4.98 Å². The highest BCUT2D eigenvalue weighted by Gasteiger charge is 2.16. The minimum Gasteiger partial charge on any atom is -0.370 e. The van der Waals surface area contributed by atoms with Gasteiger partial charge in [-0.2, -0.15) is 14.6 Å². The van der Waals surface area contributed by atoms with Crippen LogP contribution in [0.5, 0.6) is 0 Å². The standard InChI is InChI=1S/C20H24N6O/c27-19-10-5-2-6-12-25(19)13-7-11-21-18-14-17(16-8-3-1-4-9-16)24-20-22-15-23-26(18)20/h1,3-4,8-9,14-15,21H,2,5-7,10-13H2. The van der Waals surface area contributed by atoms with Crippen molar-refractivity contribution in [2.24, 2.45) is 0 Å². The molecule has 1 saturated heterocycles. The van der Waals surface area contributed by atoms with Crippen LogP contribution in [0.25, 0.3) is 17.0 Å². The zero-order valence-corrected chi connectivity index (χ0v) is 15.3. The van der Waals surface area contributed by atoms with E-state index in [-0.39, 0.29) is 0 Å². The second-order valence-electron chi connectivity index (χ2n) is 6.84. The third-order valence-corrected chi connectivity index (χ3v) is 4.90. The smallest absolute Gasteiger partial charge is 0.254 e. The van der Waals surface area contributed by atoms with E-state index >= 15 is 0 Å². The molecule has 1 N–H and O–H groups in total. The van der Waals surface area contributed by atoms with Crippen molar-refractivity contribution >= 4 is 17.5 Å². The van der Waals surface area contributed by atoms with Crippen molar-refractivity contribution in [2.75, 3.05) is 25.0 Å². The number of nitrogens with one attached hydrogen (secondary N) is 1. The van der Waals surface area contributed by atoms with Crippen LogP contribution in [0.4, 0.5) is 5.82 Å². The molecule has 3 aromatic rings. The fourth-order valence-electron chi connectivity index (χ4n) is 3.46. The molecule has 2 aromatic heterocycles.